The average molecular weight is 381 g/mol. The van der Waals surface area contributed by atoms with Gasteiger partial charge in [0.15, 0.2) is 0 Å². The fourth-order valence-corrected chi connectivity index (χ4v) is 3.32. The van der Waals surface area contributed by atoms with E-state index in [9.17, 15) is 0 Å². The summed E-state index contributed by atoms with van der Waals surface area (Å²) >= 11 is 6.40. The molecule has 1 fully saturated rings. The summed E-state index contributed by atoms with van der Waals surface area (Å²) in [5.74, 6) is 0.805. The molecule has 1 saturated carbocycles. The van der Waals surface area contributed by atoms with Gasteiger partial charge >= 0.3 is 0 Å². The van der Waals surface area contributed by atoms with Crippen LogP contribution in [0.4, 0.5) is 5.82 Å². The Kier molecular flexibility index (Phi) is 5.07. The predicted octanol–water partition coefficient (Wildman–Crippen LogP) is 4.05. The fourth-order valence-electron chi connectivity index (χ4n) is 3.10. The van der Waals surface area contributed by atoms with Gasteiger partial charge in [-0.2, -0.15) is 15.0 Å². The largest absolute Gasteiger partial charge is 0.390 e. The molecule has 6 nitrogen and oxygen atoms in total. The molecule has 1 aliphatic carbocycles. The van der Waals surface area contributed by atoms with E-state index in [4.69, 9.17) is 11.6 Å². The molecular weight excluding hydrogens is 360 g/mol. The summed E-state index contributed by atoms with van der Waals surface area (Å²) in [6.07, 6.45) is 8.67. The van der Waals surface area contributed by atoms with E-state index in [2.05, 4.69) is 25.8 Å². The standard InChI is InChI=1S/C20H21ClN6/c1-22-19(15-3-2-4-15)13-24-20-11-17(18(21)12-23-20)14-5-7-16(8-6-14)27-25-9-10-26-27/h5-12,22H,2-4,13H2,1H3,(H,23,24). The second-order valence-corrected chi connectivity index (χ2v) is 6.86. The lowest BCUT2D eigenvalue weighted by Crippen LogP contribution is -2.21. The Morgan fingerprint density at radius 3 is 2.52 bits per heavy atom. The highest BCUT2D eigenvalue weighted by Gasteiger charge is 2.14. The van der Waals surface area contributed by atoms with E-state index in [1.807, 2.05) is 37.4 Å². The SMILES string of the molecule is CNC(CNc1cc(-c2ccc(-n3nccn3)cc2)c(Cl)cn1)=C1CCC1. The smallest absolute Gasteiger partial charge is 0.126 e. The van der Waals surface area contributed by atoms with Crippen molar-refractivity contribution in [2.24, 2.45) is 0 Å². The van der Waals surface area contributed by atoms with Crippen molar-refractivity contribution in [3.05, 3.63) is 65.2 Å². The molecule has 2 N–H and O–H groups in total. The minimum absolute atomic E-state index is 0.622. The molecule has 2 aromatic heterocycles. The zero-order valence-corrected chi connectivity index (χ0v) is 15.9. The van der Waals surface area contributed by atoms with Crippen LogP contribution >= 0.6 is 11.6 Å². The van der Waals surface area contributed by atoms with Crippen molar-refractivity contribution >= 4 is 17.4 Å². The quantitative estimate of drug-likeness (QED) is 0.675. The van der Waals surface area contributed by atoms with Gasteiger partial charge in [0.1, 0.15) is 5.82 Å². The highest BCUT2D eigenvalue weighted by Crippen LogP contribution is 2.30. The Morgan fingerprint density at radius 1 is 1.15 bits per heavy atom. The molecule has 138 valence electrons. The summed E-state index contributed by atoms with van der Waals surface area (Å²) in [4.78, 5) is 6.00. The lowest BCUT2D eigenvalue weighted by Gasteiger charge is -2.22. The first-order valence-corrected chi connectivity index (χ1v) is 9.37. The number of likely N-dealkylation sites (N-methyl/N-ethyl adjacent to an activating group) is 1. The van der Waals surface area contributed by atoms with Crippen LogP contribution in [0, 0.1) is 0 Å². The maximum absolute atomic E-state index is 6.40. The Hall–Kier alpha value is -2.86. The van der Waals surface area contributed by atoms with E-state index in [-0.39, 0.29) is 0 Å². The highest BCUT2D eigenvalue weighted by atomic mass is 35.5. The van der Waals surface area contributed by atoms with E-state index >= 15 is 0 Å². The molecule has 0 bridgehead atoms. The number of anilines is 1. The lowest BCUT2D eigenvalue weighted by molar-refractivity contribution is 0.635. The minimum Gasteiger partial charge on any atom is -0.390 e. The summed E-state index contributed by atoms with van der Waals surface area (Å²) < 4.78 is 0. The van der Waals surface area contributed by atoms with Gasteiger partial charge in [-0.25, -0.2) is 4.98 Å². The molecule has 0 spiro atoms. The van der Waals surface area contributed by atoms with Gasteiger partial charge in [0.05, 0.1) is 29.6 Å². The fraction of sp³-hybridized carbons (Fsp3) is 0.250. The van der Waals surface area contributed by atoms with E-state index < -0.39 is 0 Å². The van der Waals surface area contributed by atoms with E-state index in [0.717, 1.165) is 29.2 Å². The van der Waals surface area contributed by atoms with E-state index in [0.29, 0.717) is 5.02 Å². The third-order valence-electron chi connectivity index (χ3n) is 4.82. The van der Waals surface area contributed by atoms with Crippen molar-refractivity contribution in [3.63, 3.8) is 0 Å². The zero-order valence-electron chi connectivity index (χ0n) is 15.1. The molecule has 3 aromatic rings. The number of pyridine rings is 1. The summed E-state index contributed by atoms with van der Waals surface area (Å²) in [5.41, 5.74) is 5.62. The van der Waals surface area contributed by atoms with Crippen molar-refractivity contribution in [1.82, 2.24) is 25.3 Å². The number of nitrogens with zero attached hydrogens (tertiary/aromatic N) is 4. The van der Waals surface area contributed by atoms with Crippen LogP contribution in [-0.4, -0.2) is 33.6 Å². The first kappa shape index (κ1) is 17.5. The van der Waals surface area contributed by atoms with Gasteiger partial charge in [0.25, 0.3) is 0 Å². The molecule has 0 saturated heterocycles. The van der Waals surface area contributed by atoms with E-state index in [1.165, 1.54) is 30.5 Å². The van der Waals surface area contributed by atoms with Crippen LogP contribution in [0.2, 0.25) is 5.02 Å². The molecule has 0 amide bonds. The van der Waals surface area contributed by atoms with Crippen LogP contribution < -0.4 is 10.6 Å². The second-order valence-electron chi connectivity index (χ2n) is 6.45. The summed E-state index contributed by atoms with van der Waals surface area (Å²) in [6, 6.07) is 9.96. The number of rotatable bonds is 6. The molecule has 7 heteroatoms. The molecule has 0 unspecified atom stereocenters. The van der Waals surface area contributed by atoms with Gasteiger partial charge in [0, 0.05) is 24.5 Å². The summed E-state index contributed by atoms with van der Waals surface area (Å²) in [5, 5.41) is 15.6. The summed E-state index contributed by atoms with van der Waals surface area (Å²) in [7, 11) is 1.97. The molecule has 0 aliphatic heterocycles. The molecule has 1 aliphatic rings. The van der Waals surface area contributed by atoms with Crippen molar-refractivity contribution in [2.45, 2.75) is 19.3 Å². The van der Waals surface area contributed by atoms with Gasteiger partial charge in [0.2, 0.25) is 0 Å². The van der Waals surface area contributed by atoms with Crippen LogP contribution in [0.1, 0.15) is 19.3 Å². The average Bonchev–Trinajstić information content (AvgIpc) is 3.19. The Morgan fingerprint density at radius 2 is 1.89 bits per heavy atom. The second kappa shape index (κ2) is 7.80. The van der Waals surface area contributed by atoms with Crippen LogP contribution in [0.25, 0.3) is 16.8 Å². The van der Waals surface area contributed by atoms with Crippen molar-refractivity contribution < 1.29 is 0 Å². The number of halogens is 1. The number of allylic oxidation sites excluding steroid dienone is 1. The Balaban J connectivity index is 1.53. The van der Waals surface area contributed by atoms with Crippen molar-refractivity contribution in [1.29, 1.82) is 0 Å². The van der Waals surface area contributed by atoms with E-state index in [1.54, 1.807) is 23.4 Å². The van der Waals surface area contributed by atoms with Gasteiger partial charge in [-0.3, -0.25) is 0 Å². The van der Waals surface area contributed by atoms with Crippen molar-refractivity contribution in [2.75, 3.05) is 18.9 Å². The maximum Gasteiger partial charge on any atom is 0.126 e. The van der Waals surface area contributed by atoms with Crippen LogP contribution in [-0.2, 0) is 0 Å². The topological polar surface area (TPSA) is 67.7 Å². The third kappa shape index (κ3) is 3.80. The first-order chi connectivity index (χ1) is 13.2. The molecule has 4 rings (SSSR count). The Bertz CT molecular complexity index is 941. The van der Waals surface area contributed by atoms with Gasteiger partial charge in [-0.1, -0.05) is 23.7 Å². The zero-order chi connectivity index (χ0) is 18.6. The van der Waals surface area contributed by atoms with Crippen LogP contribution in [0.15, 0.2) is 60.2 Å². The number of nitrogens with one attached hydrogen (secondary N) is 2. The summed E-state index contributed by atoms with van der Waals surface area (Å²) in [6.45, 7) is 0.740. The first-order valence-electron chi connectivity index (χ1n) is 9.00. The molecule has 0 atom stereocenters. The third-order valence-corrected chi connectivity index (χ3v) is 5.12. The molecule has 0 radical (unpaired) electrons. The monoisotopic (exact) mass is 380 g/mol. The number of hydrogen-bond donors (Lipinski definition) is 2. The molecule has 2 heterocycles. The highest BCUT2D eigenvalue weighted by molar-refractivity contribution is 6.33. The molecule has 27 heavy (non-hydrogen) atoms. The number of benzene rings is 1. The molecular formula is C20H21ClN6. The van der Waals surface area contributed by atoms with Crippen molar-refractivity contribution in [3.8, 4) is 16.8 Å². The minimum atomic E-state index is 0.622. The molecule has 1 aromatic carbocycles. The Labute approximate surface area is 163 Å². The maximum atomic E-state index is 6.40. The van der Waals surface area contributed by atoms with Gasteiger partial charge in [-0.15, -0.1) is 0 Å². The van der Waals surface area contributed by atoms with Gasteiger partial charge < -0.3 is 10.6 Å². The predicted molar refractivity (Wildman–Crippen MR) is 108 cm³/mol. The van der Waals surface area contributed by atoms with Crippen LogP contribution in [0.3, 0.4) is 0 Å². The number of hydrogen-bond acceptors (Lipinski definition) is 5. The normalized spacial score (nSPS) is 13.2. The lowest BCUT2D eigenvalue weighted by atomic mass is 9.90. The number of aromatic nitrogens is 4. The van der Waals surface area contributed by atoms with Crippen LogP contribution in [0.5, 0.6) is 0 Å². The van der Waals surface area contributed by atoms with Gasteiger partial charge in [-0.05, 0) is 48.6 Å².